The van der Waals surface area contributed by atoms with Crippen LogP contribution in [0.2, 0.25) is 0 Å². The zero-order valence-electron chi connectivity index (χ0n) is 14.0. The summed E-state index contributed by atoms with van der Waals surface area (Å²) < 4.78 is 5.47. The van der Waals surface area contributed by atoms with Crippen LogP contribution < -0.4 is 10.5 Å². The van der Waals surface area contributed by atoms with Crippen LogP contribution in [0.3, 0.4) is 0 Å². The first-order valence-corrected chi connectivity index (χ1v) is 8.16. The molecule has 0 radical (unpaired) electrons. The predicted octanol–water partition coefficient (Wildman–Crippen LogP) is 3.52. The van der Waals surface area contributed by atoms with Gasteiger partial charge in [-0.3, -0.25) is 0 Å². The summed E-state index contributed by atoms with van der Waals surface area (Å²) in [5.74, 6) is 0.907. The molecule has 1 fully saturated rings. The lowest BCUT2D eigenvalue weighted by molar-refractivity contribution is 0.232. The van der Waals surface area contributed by atoms with Crippen LogP contribution in [0.5, 0.6) is 5.75 Å². The van der Waals surface area contributed by atoms with Crippen LogP contribution in [-0.4, -0.2) is 31.6 Å². The minimum absolute atomic E-state index is 0.0179. The molecule has 1 unspecified atom stereocenters. The number of ether oxygens (including phenoxy) is 1. The largest absolute Gasteiger partial charge is 0.496 e. The topological polar surface area (TPSA) is 38.5 Å². The highest BCUT2D eigenvalue weighted by molar-refractivity contribution is 5.39. The van der Waals surface area contributed by atoms with Crippen LogP contribution in [0.1, 0.15) is 50.3 Å². The van der Waals surface area contributed by atoms with Crippen molar-refractivity contribution in [1.82, 2.24) is 4.90 Å². The van der Waals surface area contributed by atoms with Crippen LogP contribution in [0, 0.1) is 12.3 Å². The normalized spacial score (nSPS) is 19.7. The Balaban J connectivity index is 2.06. The fourth-order valence-electron chi connectivity index (χ4n) is 3.53. The van der Waals surface area contributed by atoms with Crippen molar-refractivity contribution in [3.8, 4) is 5.75 Å². The monoisotopic (exact) mass is 290 g/mol. The Labute approximate surface area is 129 Å². The molecule has 0 aromatic heterocycles. The molecule has 2 rings (SSSR count). The van der Waals surface area contributed by atoms with Gasteiger partial charge in [-0.1, -0.05) is 31.5 Å². The number of rotatable bonds is 6. The molecule has 1 atom stereocenters. The Hall–Kier alpha value is -1.06. The molecule has 0 aliphatic carbocycles. The first kappa shape index (κ1) is 16.3. The minimum atomic E-state index is 0.0179. The van der Waals surface area contributed by atoms with E-state index in [9.17, 15) is 0 Å². The van der Waals surface area contributed by atoms with Crippen molar-refractivity contribution >= 4 is 0 Å². The van der Waals surface area contributed by atoms with E-state index < -0.39 is 0 Å². The molecule has 1 saturated heterocycles. The maximum Gasteiger partial charge on any atom is 0.123 e. The highest BCUT2D eigenvalue weighted by Gasteiger charge is 2.35. The van der Waals surface area contributed by atoms with Crippen molar-refractivity contribution in [2.24, 2.45) is 11.1 Å². The Morgan fingerprint density at radius 1 is 1.33 bits per heavy atom. The van der Waals surface area contributed by atoms with Crippen LogP contribution in [0.4, 0.5) is 0 Å². The second kappa shape index (κ2) is 6.80. The second-order valence-corrected chi connectivity index (χ2v) is 6.54. The van der Waals surface area contributed by atoms with Gasteiger partial charge in [0.25, 0.3) is 0 Å². The number of likely N-dealkylation sites (tertiary alicyclic amines) is 1. The number of nitrogens with zero attached hydrogens (tertiary/aromatic N) is 1. The standard InChI is InChI=1S/C18H30N2O/c1-5-18(6-2)9-10-20(13-18)12-16(19)15-11-14(3)7-8-17(15)21-4/h7-8,11,16H,5-6,9-10,12-13,19H2,1-4H3. The third kappa shape index (κ3) is 3.58. The molecule has 1 heterocycles. The van der Waals surface area contributed by atoms with Gasteiger partial charge in [-0.15, -0.1) is 0 Å². The van der Waals surface area contributed by atoms with E-state index in [1.807, 2.05) is 6.07 Å². The molecule has 1 aromatic rings. The van der Waals surface area contributed by atoms with Crippen molar-refractivity contribution in [1.29, 1.82) is 0 Å². The highest BCUT2D eigenvalue weighted by Crippen LogP contribution is 2.37. The summed E-state index contributed by atoms with van der Waals surface area (Å²) in [6, 6.07) is 6.28. The fourth-order valence-corrected chi connectivity index (χ4v) is 3.53. The summed E-state index contributed by atoms with van der Waals surface area (Å²) in [6.45, 7) is 10.0. The summed E-state index contributed by atoms with van der Waals surface area (Å²) in [6.07, 6.45) is 3.84. The van der Waals surface area contributed by atoms with Gasteiger partial charge in [0.1, 0.15) is 5.75 Å². The Kier molecular flexibility index (Phi) is 5.28. The lowest BCUT2D eigenvalue weighted by Crippen LogP contribution is -2.33. The summed E-state index contributed by atoms with van der Waals surface area (Å²) in [5.41, 5.74) is 9.34. The Bertz CT molecular complexity index is 468. The van der Waals surface area contributed by atoms with Gasteiger partial charge < -0.3 is 15.4 Å². The van der Waals surface area contributed by atoms with Crippen LogP contribution in [-0.2, 0) is 0 Å². The zero-order chi connectivity index (χ0) is 15.5. The Morgan fingerprint density at radius 3 is 2.62 bits per heavy atom. The third-order valence-electron chi connectivity index (χ3n) is 5.26. The fraction of sp³-hybridized carbons (Fsp3) is 0.667. The quantitative estimate of drug-likeness (QED) is 0.871. The van der Waals surface area contributed by atoms with Crippen molar-refractivity contribution in [2.75, 3.05) is 26.7 Å². The van der Waals surface area contributed by atoms with Crippen LogP contribution >= 0.6 is 0 Å². The number of benzene rings is 1. The summed E-state index contributed by atoms with van der Waals surface area (Å²) in [5, 5.41) is 0. The lowest BCUT2D eigenvalue weighted by Gasteiger charge is -2.28. The maximum absolute atomic E-state index is 6.47. The van der Waals surface area contributed by atoms with Gasteiger partial charge in [0.15, 0.2) is 0 Å². The van der Waals surface area contributed by atoms with Crippen molar-refractivity contribution in [3.63, 3.8) is 0 Å². The van der Waals surface area contributed by atoms with Gasteiger partial charge in [0.2, 0.25) is 0 Å². The average Bonchev–Trinajstić information content (AvgIpc) is 2.91. The SMILES string of the molecule is CCC1(CC)CCN(CC(N)c2cc(C)ccc2OC)C1. The molecule has 118 valence electrons. The molecule has 3 nitrogen and oxygen atoms in total. The first-order valence-electron chi connectivity index (χ1n) is 8.16. The Morgan fingerprint density at radius 2 is 2.05 bits per heavy atom. The van der Waals surface area contributed by atoms with E-state index in [2.05, 4.69) is 37.8 Å². The summed E-state index contributed by atoms with van der Waals surface area (Å²) >= 11 is 0. The van der Waals surface area contributed by atoms with E-state index >= 15 is 0 Å². The second-order valence-electron chi connectivity index (χ2n) is 6.54. The predicted molar refractivity (Wildman–Crippen MR) is 88.7 cm³/mol. The lowest BCUT2D eigenvalue weighted by atomic mass is 9.82. The van der Waals surface area contributed by atoms with E-state index in [1.165, 1.54) is 37.9 Å². The molecule has 1 aliphatic rings. The van der Waals surface area contributed by atoms with Crippen LogP contribution in [0.15, 0.2) is 18.2 Å². The summed E-state index contributed by atoms with van der Waals surface area (Å²) in [7, 11) is 1.72. The molecule has 0 spiro atoms. The number of hydrogen-bond donors (Lipinski definition) is 1. The van der Waals surface area contributed by atoms with E-state index in [0.717, 1.165) is 17.9 Å². The maximum atomic E-state index is 6.47. The van der Waals surface area contributed by atoms with Gasteiger partial charge in [0.05, 0.1) is 7.11 Å². The third-order valence-corrected chi connectivity index (χ3v) is 5.26. The van der Waals surface area contributed by atoms with Crippen molar-refractivity contribution < 1.29 is 4.74 Å². The van der Waals surface area contributed by atoms with Gasteiger partial charge in [0, 0.05) is 24.7 Å². The number of aryl methyl sites for hydroxylation is 1. The first-order chi connectivity index (χ1) is 10.0. The molecule has 0 amide bonds. The molecule has 0 saturated carbocycles. The smallest absolute Gasteiger partial charge is 0.123 e. The van der Waals surface area contributed by atoms with Gasteiger partial charge in [-0.25, -0.2) is 0 Å². The van der Waals surface area contributed by atoms with E-state index in [0.29, 0.717) is 5.41 Å². The van der Waals surface area contributed by atoms with Crippen molar-refractivity contribution in [2.45, 2.75) is 46.1 Å². The molecular formula is C18H30N2O. The molecule has 1 aromatic carbocycles. The molecule has 1 aliphatic heterocycles. The molecule has 0 bridgehead atoms. The van der Waals surface area contributed by atoms with Gasteiger partial charge >= 0.3 is 0 Å². The molecule has 2 N–H and O–H groups in total. The minimum Gasteiger partial charge on any atom is -0.496 e. The van der Waals surface area contributed by atoms with Crippen molar-refractivity contribution in [3.05, 3.63) is 29.3 Å². The molecular weight excluding hydrogens is 260 g/mol. The van der Waals surface area contributed by atoms with E-state index in [1.54, 1.807) is 7.11 Å². The summed E-state index contributed by atoms with van der Waals surface area (Å²) in [4.78, 5) is 2.53. The molecule has 21 heavy (non-hydrogen) atoms. The van der Waals surface area contributed by atoms with Crippen LogP contribution in [0.25, 0.3) is 0 Å². The zero-order valence-corrected chi connectivity index (χ0v) is 14.0. The average molecular weight is 290 g/mol. The number of nitrogens with two attached hydrogens (primary N) is 1. The number of methoxy groups -OCH3 is 1. The van der Waals surface area contributed by atoms with E-state index in [4.69, 9.17) is 10.5 Å². The molecule has 3 heteroatoms. The van der Waals surface area contributed by atoms with Gasteiger partial charge in [-0.05, 0) is 44.2 Å². The number of hydrogen-bond acceptors (Lipinski definition) is 3. The van der Waals surface area contributed by atoms with E-state index in [-0.39, 0.29) is 6.04 Å². The highest BCUT2D eigenvalue weighted by atomic mass is 16.5. The van der Waals surface area contributed by atoms with Gasteiger partial charge in [-0.2, -0.15) is 0 Å².